The zero-order chi connectivity index (χ0) is 10.3. The second-order valence-electron chi connectivity index (χ2n) is 3.74. The fourth-order valence-electron chi connectivity index (χ4n) is 1.91. The highest BCUT2D eigenvalue weighted by molar-refractivity contribution is 7.09. The van der Waals surface area contributed by atoms with Crippen molar-refractivity contribution >= 4 is 11.5 Å². The number of fused-ring (bicyclic) bond motifs is 1. The van der Waals surface area contributed by atoms with Gasteiger partial charge in [-0.3, -0.25) is 0 Å². The molecule has 1 aliphatic heterocycles. The Kier molecular flexibility index (Phi) is 2.02. The second kappa shape index (κ2) is 3.37. The van der Waals surface area contributed by atoms with Gasteiger partial charge in [-0.25, -0.2) is 0 Å². The van der Waals surface area contributed by atoms with Crippen molar-refractivity contribution in [3.8, 4) is 10.7 Å². The molecule has 0 atom stereocenters. The lowest BCUT2D eigenvalue weighted by molar-refractivity contribution is 0.526. The first-order chi connectivity index (χ1) is 7.36. The lowest BCUT2D eigenvalue weighted by atomic mass is 10.1. The van der Waals surface area contributed by atoms with E-state index in [0.29, 0.717) is 0 Å². The van der Waals surface area contributed by atoms with Crippen LogP contribution in [-0.2, 0) is 13.0 Å². The second-order valence-corrected chi connectivity index (χ2v) is 4.49. The number of hydrogen-bond acceptors (Lipinski definition) is 5. The Morgan fingerprint density at radius 3 is 2.93 bits per heavy atom. The van der Waals surface area contributed by atoms with Crippen molar-refractivity contribution in [3.05, 3.63) is 11.5 Å². The van der Waals surface area contributed by atoms with Crippen LogP contribution >= 0.6 is 11.5 Å². The minimum atomic E-state index is 0.942. The third-order valence-corrected chi connectivity index (χ3v) is 3.54. The topological polar surface area (TPSA) is 56.5 Å². The van der Waals surface area contributed by atoms with Gasteiger partial charge in [-0.1, -0.05) is 4.49 Å². The highest BCUT2D eigenvalue weighted by Crippen LogP contribution is 2.26. The van der Waals surface area contributed by atoms with Crippen molar-refractivity contribution in [1.29, 1.82) is 0 Å². The molecule has 78 valence electrons. The molecule has 0 bridgehead atoms. The SMILES string of the molecule is Cc1nnsc1-c1nnc2n1CCCC2. The maximum atomic E-state index is 4.24. The van der Waals surface area contributed by atoms with Gasteiger partial charge < -0.3 is 4.57 Å². The third kappa shape index (κ3) is 1.36. The first-order valence-corrected chi connectivity index (χ1v) is 5.85. The summed E-state index contributed by atoms with van der Waals surface area (Å²) in [7, 11) is 0. The molecule has 0 radical (unpaired) electrons. The molecule has 5 nitrogen and oxygen atoms in total. The molecule has 0 fully saturated rings. The summed E-state index contributed by atoms with van der Waals surface area (Å²) >= 11 is 1.40. The Hall–Kier alpha value is -1.30. The quantitative estimate of drug-likeness (QED) is 0.731. The van der Waals surface area contributed by atoms with Gasteiger partial charge in [0, 0.05) is 13.0 Å². The van der Waals surface area contributed by atoms with Crippen LogP contribution in [0.15, 0.2) is 0 Å². The van der Waals surface area contributed by atoms with Gasteiger partial charge in [0.25, 0.3) is 0 Å². The molecule has 1 aliphatic rings. The normalized spacial score (nSPS) is 15.3. The summed E-state index contributed by atoms with van der Waals surface area (Å²) in [5.74, 6) is 2.04. The van der Waals surface area contributed by atoms with Crippen molar-refractivity contribution in [2.75, 3.05) is 0 Å². The molecular formula is C9H11N5S. The Labute approximate surface area is 91.3 Å². The fourth-order valence-corrected chi connectivity index (χ4v) is 2.56. The van der Waals surface area contributed by atoms with Crippen LogP contribution in [0.2, 0.25) is 0 Å². The summed E-state index contributed by atoms with van der Waals surface area (Å²) in [6.07, 6.45) is 3.47. The summed E-state index contributed by atoms with van der Waals surface area (Å²) in [6, 6.07) is 0. The lowest BCUT2D eigenvalue weighted by Crippen LogP contribution is -2.11. The maximum absolute atomic E-state index is 4.24. The number of aromatic nitrogens is 5. The average molecular weight is 221 g/mol. The van der Waals surface area contributed by atoms with Gasteiger partial charge in [0.2, 0.25) is 0 Å². The Balaban J connectivity index is 2.13. The zero-order valence-corrected chi connectivity index (χ0v) is 9.29. The first-order valence-electron chi connectivity index (χ1n) is 5.07. The highest BCUT2D eigenvalue weighted by Gasteiger charge is 2.19. The molecule has 2 aromatic heterocycles. The lowest BCUT2D eigenvalue weighted by Gasteiger charge is -2.13. The molecule has 0 saturated heterocycles. The molecule has 0 N–H and O–H groups in total. The first kappa shape index (κ1) is 8.96. The van der Waals surface area contributed by atoms with Crippen LogP contribution in [0, 0.1) is 6.92 Å². The Morgan fingerprint density at radius 2 is 2.13 bits per heavy atom. The molecule has 0 saturated carbocycles. The van der Waals surface area contributed by atoms with Crippen LogP contribution in [0.25, 0.3) is 10.7 Å². The minimum Gasteiger partial charge on any atom is -0.310 e. The Bertz CT molecular complexity index is 486. The van der Waals surface area contributed by atoms with Gasteiger partial charge in [0.05, 0.1) is 5.69 Å². The number of rotatable bonds is 1. The standard InChI is InChI=1S/C9H11N5S/c1-6-8(15-13-10-6)9-12-11-7-4-2-3-5-14(7)9/h2-5H2,1H3. The van der Waals surface area contributed by atoms with Gasteiger partial charge in [-0.05, 0) is 31.3 Å². The highest BCUT2D eigenvalue weighted by atomic mass is 32.1. The van der Waals surface area contributed by atoms with Crippen molar-refractivity contribution in [2.24, 2.45) is 0 Å². The number of nitrogens with zero attached hydrogens (tertiary/aromatic N) is 5. The van der Waals surface area contributed by atoms with Gasteiger partial charge in [-0.15, -0.1) is 15.3 Å². The van der Waals surface area contributed by atoms with Crippen molar-refractivity contribution in [1.82, 2.24) is 24.4 Å². The molecular weight excluding hydrogens is 210 g/mol. The van der Waals surface area contributed by atoms with Gasteiger partial charge in [0.15, 0.2) is 5.82 Å². The monoisotopic (exact) mass is 221 g/mol. The van der Waals surface area contributed by atoms with E-state index in [4.69, 9.17) is 0 Å². The molecule has 6 heteroatoms. The zero-order valence-electron chi connectivity index (χ0n) is 8.47. The molecule has 0 amide bonds. The molecule has 3 heterocycles. The van der Waals surface area contributed by atoms with Gasteiger partial charge >= 0.3 is 0 Å². The smallest absolute Gasteiger partial charge is 0.177 e. The van der Waals surface area contributed by atoms with E-state index in [0.717, 1.165) is 35.2 Å². The van der Waals surface area contributed by atoms with E-state index >= 15 is 0 Å². The molecule has 0 spiro atoms. The van der Waals surface area contributed by atoms with Crippen molar-refractivity contribution < 1.29 is 0 Å². The van der Waals surface area contributed by atoms with Crippen LogP contribution in [0.5, 0.6) is 0 Å². The third-order valence-electron chi connectivity index (χ3n) is 2.71. The molecule has 2 aromatic rings. The largest absolute Gasteiger partial charge is 0.310 e. The van der Waals surface area contributed by atoms with E-state index in [1.165, 1.54) is 24.4 Å². The van der Waals surface area contributed by atoms with Crippen molar-refractivity contribution in [2.45, 2.75) is 32.7 Å². The summed E-state index contributed by atoms with van der Waals surface area (Å²) in [5.41, 5.74) is 0.945. The van der Waals surface area contributed by atoms with E-state index in [9.17, 15) is 0 Å². The molecule has 15 heavy (non-hydrogen) atoms. The van der Waals surface area contributed by atoms with Crippen LogP contribution in [-0.4, -0.2) is 24.4 Å². The van der Waals surface area contributed by atoms with Crippen LogP contribution in [0.4, 0.5) is 0 Å². The van der Waals surface area contributed by atoms with E-state index in [1.54, 1.807) is 0 Å². The minimum absolute atomic E-state index is 0.942. The summed E-state index contributed by atoms with van der Waals surface area (Å²) < 4.78 is 6.14. The molecule has 0 aliphatic carbocycles. The summed E-state index contributed by atoms with van der Waals surface area (Å²) in [5, 5.41) is 12.5. The predicted molar refractivity (Wildman–Crippen MR) is 56.6 cm³/mol. The van der Waals surface area contributed by atoms with E-state index in [1.807, 2.05) is 6.92 Å². The van der Waals surface area contributed by atoms with Gasteiger partial charge in [0.1, 0.15) is 10.7 Å². The number of aryl methyl sites for hydroxylation is 2. The number of hydrogen-bond donors (Lipinski definition) is 0. The predicted octanol–water partition coefficient (Wildman–Crippen LogP) is 1.44. The van der Waals surface area contributed by atoms with Crippen molar-refractivity contribution in [3.63, 3.8) is 0 Å². The summed E-state index contributed by atoms with van der Waals surface area (Å²) in [4.78, 5) is 1.05. The van der Waals surface area contributed by atoms with E-state index in [2.05, 4.69) is 24.4 Å². The summed E-state index contributed by atoms with van der Waals surface area (Å²) in [6.45, 7) is 2.98. The molecule has 0 aromatic carbocycles. The van der Waals surface area contributed by atoms with Crippen LogP contribution < -0.4 is 0 Å². The fraction of sp³-hybridized carbons (Fsp3) is 0.556. The van der Waals surface area contributed by atoms with Crippen LogP contribution in [0.3, 0.4) is 0 Å². The van der Waals surface area contributed by atoms with Crippen LogP contribution in [0.1, 0.15) is 24.4 Å². The van der Waals surface area contributed by atoms with E-state index < -0.39 is 0 Å². The Morgan fingerprint density at radius 1 is 1.20 bits per heavy atom. The molecule has 0 unspecified atom stereocenters. The van der Waals surface area contributed by atoms with E-state index in [-0.39, 0.29) is 0 Å². The maximum Gasteiger partial charge on any atom is 0.177 e. The van der Waals surface area contributed by atoms with Gasteiger partial charge in [-0.2, -0.15) is 0 Å². The molecule has 3 rings (SSSR count). The average Bonchev–Trinajstić information content (AvgIpc) is 2.83.